The normalized spacial score (nSPS) is 13.3. The predicted molar refractivity (Wildman–Crippen MR) is 133 cm³/mol. The van der Waals surface area contributed by atoms with Gasteiger partial charge in [-0.05, 0) is 69.5 Å². The quantitative estimate of drug-likeness (QED) is 0.423. The Morgan fingerprint density at radius 3 is 2.44 bits per heavy atom. The van der Waals surface area contributed by atoms with Crippen molar-refractivity contribution in [2.24, 2.45) is 0 Å². The molecule has 1 saturated carbocycles. The zero-order chi connectivity index (χ0) is 23.8. The Hall–Kier alpha value is -4.00. The third-order valence-corrected chi connectivity index (χ3v) is 6.04. The zero-order valence-electron chi connectivity index (χ0n) is 19.5. The summed E-state index contributed by atoms with van der Waals surface area (Å²) in [6.07, 6.45) is 3.78. The second kappa shape index (κ2) is 8.74. The number of aromatic nitrogens is 3. The van der Waals surface area contributed by atoms with Crippen molar-refractivity contribution in [2.45, 2.75) is 45.7 Å². The summed E-state index contributed by atoms with van der Waals surface area (Å²) in [6, 6.07) is 17.2. The highest BCUT2D eigenvalue weighted by Crippen LogP contribution is 2.29. The molecule has 2 aromatic carbocycles. The maximum atomic E-state index is 13.4. The molecule has 0 bridgehead atoms. The van der Waals surface area contributed by atoms with Gasteiger partial charge in [0.2, 0.25) is 0 Å². The van der Waals surface area contributed by atoms with Crippen LogP contribution in [0.5, 0.6) is 0 Å². The predicted octanol–water partition coefficient (Wildman–Crippen LogP) is 5.13. The van der Waals surface area contributed by atoms with Crippen LogP contribution in [0.3, 0.4) is 0 Å². The van der Waals surface area contributed by atoms with E-state index in [1.165, 1.54) is 0 Å². The number of hydrogen-bond acceptors (Lipinski definition) is 4. The van der Waals surface area contributed by atoms with Crippen molar-refractivity contribution in [3.05, 3.63) is 77.5 Å². The number of pyridine rings is 1. The first-order valence-corrected chi connectivity index (χ1v) is 11.6. The molecule has 0 radical (unpaired) electrons. The molecule has 2 N–H and O–H groups in total. The lowest BCUT2D eigenvalue weighted by Crippen LogP contribution is -2.25. The van der Waals surface area contributed by atoms with Crippen molar-refractivity contribution in [3.63, 3.8) is 0 Å². The number of hydrogen-bond donors (Lipinski definition) is 2. The van der Waals surface area contributed by atoms with E-state index in [9.17, 15) is 9.59 Å². The van der Waals surface area contributed by atoms with E-state index in [0.29, 0.717) is 33.9 Å². The van der Waals surface area contributed by atoms with Gasteiger partial charge in [0.1, 0.15) is 0 Å². The van der Waals surface area contributed by atoms with Crippen LogP contribution in [0.25, 0.3) is 22.3 Å². The van der Waals surface area contributed by atoms with E-state index in [4.69, 9.17) is 4.98 Å². The molecular weight excluding hydrogens is 426 g/mol. The Bertz CT molecular complexity index is 1380. The SMILES string of the molecule is Cc1ccccc1-c1cc(C(=O)Nc2ccc(C(=O)NC3CC3)cc2)c2cnn(C(C)C)c2n1. The van der Waals surface area contributed by atoms with Crippen molar-refractivity contribution < 1.29 is 9.59 Å². The summed E-state index contributed by atoms with van der Waals surface area (Å²) < 4.78 is 1.83. The minimum atomic E-state index is -0.249. The van der Waals surface area contributed by atoms with Crippen LogP contribution in [-0.2, 0) is 0 Å². The number of anilines is 1. The molecule has 0 saturated heterocycles. The van der Waals surface area contributed by atoms with Crippen LogP contribution >= 0.6 is 0 Å². The number of benzene rings is 2. The molecule has 0 aliphatic heterocycles. The third kappa shape index (κ3) is 4.29. The Morgan fingerprint density at radius 1 is 1.03 bits per heavy atom. The first-order valence-electron chi connectivity index (χ1n) is 11.6. The third-order valence-electron chi connectivity index (χ3n) is 6.04. The standard InChI is InChI=1S/C27H27N5O2/c1-16(2)32-25-23(15-28-32)22(14-24(31-25)21-7-5-4-6-17(21)3)27(34)30-19-10-8-18(9-11-19)26(33)29-20-12-13-20/h4-11,14-16,20H,12-13H2,1-3H3,(H,29,33)(H,30,34). The number of nitrogens with zero attached hydrogens (tertiary/aromatic N) is 3. The lowest BCUT2D eigenvalue weighted by Gasteiger charge is -2.12. The van der Waals surface area contributed by atoms with Crippen LogP contribution in [0.2, 0.25) is 0 Å². The molecular formula is C27H27N5O2. The number of rotatable bonds is 6. The number of aryl methyl sites for hydroxylation is 1. The molecule has 5 rings (SSSR count). The Kier molecular flexibility index (Phi) is 5.61. The Labute approximate surface area is 198 Å². The smallest absolute Gasteiger partial charge is 0.256 e. The lowest BCUT2D eigenvalue weighted by atomic mass is 10.0. The van der Waals surface area contributed by atoms with Gasteiger partial charge in [-0.1, -0.05) is 24.3 Å². The number of carbonyl (C=O) groups is 2. The van der Waals surface area contributed by atoms with Gasteiger partial charge in [-0.3, -0.25) is 9.59 Å². The molecule has 34 heavy (non-hydrogen) atoms. The van der Waals surface area contributed by atoms with Crippen LogP contribution in [0, 0.1) is 6.92 Å². The fourth-order valence-electron chi connectivity index (χ4n) is 3.98. The summed E-state index contributed by atoms with van der Waals surface area (Å²) in [5.74, 6) is -0.332. The molecule has 2 heterocycles. The topological polar surface area (TPSA) is 88.9 Å². The molecule has 1 aliphatic carbocycles. The minimum absolute atomic E-state index is 0.0832. The van der Waals surface area contributed by atoms with Gasteiger partial charge in [0.15, 0.2) is 5.65 Å². The summed E-state index contributed by atoms with van der Waals surface area (Å²) in [5, 5.41) is 11.1. The first kappa shape index (κ1) is 21.8. The van der Waals surface area contributed by atoms with E-state index in [0.717, 1.165) is 29.7 Å². The van der Waals surface area contributed by atoms with E-state index >= 15 is 0 Å². The molecule has 172 valence electrons. The zero-order valence-corrected chi connectivity index (χ0v) is 19.5. The summed E-state index contributed by atoms with van der Waals surface area (Å²) in [6.45, 7) is 6.10. The highest BCUT2D eigenvalue weighted by molar-refractivity contribution is 6.12. The fraction of sp³-hybridized carbons (Fsp3) is 0.259. The Balaban J connectivity index is 1.49. The second-order valence-electron chi connectivity index (χ2n) is 9.07. The highest BCUT2D eigenvalue weighted by atomic mass is 16.2. The number of nitrogens with one attached hydrogen (secondary N) is 2. The molecule has 0 spiro atoms. The van der Waals surface area contributed by atoms with Crippen molar-refractivity contribution in [2.75, 3.05) is 5.32 Å². The molecule has 1 fully saturated rings. The average molecular weight is 454 g/mol. The number of carbonyl (C=O) groups excluding carboxylic acids is 2. The molecule has 0 atom stereocenters. The molecule has 7 heteroatoms. The van der Waals surface area contributed by atoms with Gasteiger partial charge in [0.05, 0.1) is 22.8 Å². The van der Waals surface area contributed by atoms with Gasteiger partial charge in [-0.15, -0.1) is 0 Å². The molecule has 1 aliphatic rings. The van der Waals surface area contributed by atoms with Crippen molar-refractivity contribution in [3.8, 4) is 11.3 Å². The number of fused-ring (bicyclic) bond motifs is 1. The lowest BCUT2D eigenvalue weighted by molar-refractivity contribution is 0.0950. The van der Waals surface area contributed by atoms with Crippen LogP contribution in [0.1, 0.15) is 59.0 Å². The largest absolute Gasteiger partial charge is 0.349 e. The summed E-state index contributed by atoms with van der Waals surface area (Å²) in [5.41, 5.74) is 5.16. The molecule has 0 unspecified atom stereocenters. The Morgan fingerprint density at radius 2 is 1.76 bits per heavy atom. The molecule has 2 amide bonds. The number of amides is 2. The maximum absolute atomic E-state index is 13.4. The van der Waals surface area contributed by atoms with Crippen LogP contribution in [-0.4, -0.2) is 32.6 Å². The van der Waals surface area contributed by atoms with E-state index < -0.39 is 0 Å². The van der Waals surface area contributed by atoms with Crippen molar-refractivity contribution in [1.82, 2.24) is 20.1 Å². The summed E-state index contributed by atoms with van der Waals surface area (Å²) in [7, 11) is 0. The maximum Gasteiger partial charge on any atom is 0.256 e. The van der Waals surface area contributed by atoms with E-state index in [1.54, 1.807) is 30.5 Å². The van der Waals surface area contributed by atoms with Crippen LogP contribution in [0.4, 0.5) is 5.69 Å². The van der Waals surface area contributed by atoms with Gasteiger partial charge < -0.3 is 10.6 Å². The fourth-order valence-corrected chi connectivity index (χ4v) is 3.98. The molecule has 2 aromatic heterocycles. The van der Waals surface area contributed by atoms with E-state index in [2.05, 4.69) is 15.7 Å². The minimum Gasteiger partial charge on any atom is -0.349 e. The van der Waals surface area contributed by atoms with Crippen LogP contribution in [0.15, 0.2) is 60.8 Å². The van der Waals surface area contributed by atoms with Crippen molar-refractivity contribution >= 4 is 28.5 Å². The average Bonchev–Trinajstić information content (AvgIpc) is 3.53. The first-order chi connectivity index (χ1) is 16.4. The van der Waals surface area contributed by atoms with Gasteiger partial charge in [-0.25, -0.2) is 9.67 Å². The highest BCUT2D eigenvalue weighted by Gasteiger charge is 2.24. The van der Waals surface area contributed by atoms with Gasteiger partial charge in [-0.2, -0.15) is 5.10 Å². The van der Waals surface area contributed by atoms with Crippen LogP contribution < -0.4 is 10.6 Å². The van der Waals surface area contributed by atoms with Gasteiger partial charge >= 0.3 is 0 Å². The van der Waals surface area contributed by atoms with Gasteiger partial charge in [0.25, 0.3) is 11.8 Å². The second-order valence-corrected chi connectivity index (χ2v) is 9.07. The van der Waals surface area contributed by atoms with E-state index in [1.807, 2.05) is 55.8 Å². The molecule has 4 aromatic rings. The monoisotopic (exact) mass is 453 g/mol. The summed E-state index contributed by atoms with van der Waals surface area (Å²) in [4.78, 5) is 30.5. The summed E-state index contributed by atoms with van der Waals surface area (Å²) >= 11 is 0. The van der Waals surface area contributed by atoms with Gasteiger partial charge in [0, 0.05) is 28.9 Å². The molecule has 7 nitrogen and oxygen atoms in total. The van der Waals surface area contributed by atoms with E-state index in [-0.39, 0.29) is 17.9 Å². The van der Waals surface area contributed by atoms with Crippen molar-refractivity contribution in [1.29, 1.82) is 0 Å².